The predicted molar refractivity (Wildman–Crippen MR) is 136 cm³/mol. The number of para-hydroxylation sites is 1. The second-order valence-corrected chi connectivity index (χ2v) is 10.9. The Hall–Kier alpha value is -3.34. The van der Waals surface area contributed by atoms with Gasteiger partial charge in [0.25, 0.3) is 0 Å². The minimum Gasteiger partial charge on any atom is -0.462 e. The maximum atomic E-state index is 13.2. The Morgan fingerprint density at radius 3 is 2.40 bits per heavy atom. The van der Waals surface area contributed by atoms with Gasteiger partial charge in [-0.15, -0.1) is 11.3 Å². The van der Waals surface area contributed by atoms with Crippen LogP contribution >= 0.6 is 11.3 Å². The van der Waals surface area contributed by atoms with Crippen molar-refractivity contribution in [3.05, 3.63) is 71.6 Å². The van der Waals surface area contributed by atoms with E-state index in [2.05, 4.69) is 4.90 Å². The Labute approximate surface area is 207 Å². The van der Waals surface area contributed by atoms with E-state index in [1.165, 1.54) is 28.6 Å². The van der Waals surface area contributed by atoms with Crippen molar-refractivity contribution >= 4 is 44.1 Å². The summed E-state index contributed by atoms with van der Waals surface area (Å²) in [5, 5.41) is 2.94. The summed E-state index contributed by atoms with van der Waals surface area (Å²) in [7, 11) is -3.69. The van der Waals surface area contributed by atoms with Gasteiger partial charge in [-0.1, -0.05) is 18.2 Å². The monoisotopic (exact) mass is 508 g/mol. The molecule has 0 unspecified atom stereocenters. The van der Waals surface area contributed by atoms with Gasteiger partial charge in [0.2, 0.25) is 10.0 Å². The normalized spacial score (nSPS) is 14.8. The fraction of sp³-hybridized carbons (Fsp3) is 0.240. The van der Waals surface area contributed by atoms with E-state index < -0.39 is 16.0 Å². The number of piperazine rings is 1. The highest BCUT2D eigenvalue weighted by atomic mass is 32.2. The third-order valence-electron chi connectivity index (χ3n) is 5.87. The summed E-state index contributed by atoms with van der Waals surface area (Å²) in [4.78, 5) is 24.7. The van der Waals surface area contributed by atoms with E-state index in [0.29, 0.717) is 37.6 Å². The zero-order valence-electron chi connectivity index (χ0n) is 19.1. The first-order valence-corrected chi connectivity index (χ1v) is 13.6. The number of anilines is 1. The Morgan fingerprint density at radius 2 is 1.71 bits per heavy atom. The van der Waals surface area contributed by atoms with Gasteiger partial charge in [-0.3, -0.25) is 0 Å². The van der Waals surface area contributed by atoms with Crippen LogP contribution in [0, 0.1) is 0 Å². The number of nitrogens with zero attached hydrogens (tertiary/aromatic N) is 4. The molecular weight excluding hydrogens is 484 g/mol. The number of hydrogen-bond donors (Lipinski definition) is 0. The number of benzene rings is 2. The third kappa shape index (κ3) is 4.64. The van der Waals surface area contributed by atoms with E-state index in [0.717, 1.165) is 21.6 Å². The summed E-state index contributed by atoms with van der Waals surface area (Å²) >= 11 is 1.59. The number of esters is 1. The largest absolute Gasteiger partial charge is 0.462 e. The minimum absolute atomic E-state index is 0.159. The molecule has 2 aromatic heterocycles. The molecule has 1 aliphatic heterocycles. The molecule has 3 heterocycles. The Balaban J connectivity index is 1.36. The molecule has 10 heteroatoms. The second-order valence-electron chi connectivity index (χ2n) is 8.00. The fourth-order valence-electron chi connectivity index (χ4n) is 4.08. The van der Waals surface area contributed by atoms with Crippen LogP contribution in [0.3, 0.4) is 0 Å². The fourth-order valence-corrected chi connectivity index (χ4v) is 6.16. The van der Waals surface area contributed by atoms with E-state index in [4.69, 9.17) is 14.7 Å². The highest BCUT2D eigenvalue weighted by Gasteiger charge is 2.30. The van der Waals surface area contributed by atoms with Gasteiger partial charge < -0.3 is 9.64 Å². The van der Waals surface area contributed by atoms with Crippen molar-refractivity contribution in [2.45, 2.75) is 11.8 Å². The number of sulfonamides is 1. The number of carbonyl (C=O) groups excluding carboxylic acids is 1. The van der Waals surface area contributed by atoms with E-state index >= 15 is 0 Å². The molecule has 0 aliphatic carbocycles. The summed E-state index contributed by atoms with van der Waals surface area (Å²) < 4.78 is 32.9. The number of rotatable bonds is 6. The molecule has 1 saturated heterocycles. The average molecular weight is 509 g/mol. The van der Waals surface area contributed by atoms with Crippen molar-refractivity contribution < 1.29 is 17.9 Å². The van der Waals surface area contributed by atoms with Crippen molar-refractivity contribution in [2.24, 2.45) is 0 Å². The van der Waals surface area contributed by atoms with Crippen LogP contribution in [0.25, 0.3) is 21.6 Å². The zero-order valence-corrected chi connectivity index (χ0v) is 20.8. The van der Waals surface area contributed by atoms with Gasteiger partial charge in [0.05, 0.1) is 27.5 Å². The number of fused-ring (bicyclic) bond motifs is 1. The molecule has 5 rings (SSSR count). The molecule has 8 nitrogen and oxygen atoms in total. The lowest BCUT2D eigenvalue weighted by atomic mass is 10.2. The summed E-state index contributed by atoms with van der Waals surface area (Å²) in [6.45, 7) is 3.66. The topological polar surface area (TPSA) is 92.7 Å². The molecule has 1 fully saturated rings. The number of ether oxygens (including phenoxy) is 1. The number of thiophene rings is 1. The van der Waals surface area contributed by atoms with Gasteiger partial charge in [0.15, 0.2) is 5.82 Å². The summed E-state index contributed by atoms with van der Waals surface area (Å²) in [5.74, 6) is 1.02. The van der Waals surface area contributed by atoms with Crippen LogP contribution in [0.4, 0.5) is 5.82 Å². The Kier molecular flexibility index (Phi) is 6.50. The third-order valence-corrected chi connectivity index (χ3v) is 8.64. The molecule has 0 N–H and O–H groups in total. The first-order chi connectivity index (χ1) is 17.0. The molecule has 0 bridgehead atoms. The smallest absolute Gasteiger partial charge is 0.338 e. The van der Waals surface area contributed by atoms with Gasteiger partial charge in [-0.2, -0.15) is 4.31 Å². The maximum absolute atomic E-state index is 13.2. The van der Waals surface area contributed by atoms with E-state index in [1.807, 2.05) is 41.8 Å². The molecule has 2 aromatic carbocycles. The van der Waals surface area contributed by atoms with Crippen molar-refractivity contribution in [1.29, 1.82) is 0 Å². The van der Waals surface area contributed by atoms with Crippen LogP contribution in [0.15, 0.2) is 70.9 Å². The Morgan fingerprint density at radius 1 is 0.971 bits per heavy atom. The number of carbonyl (C=O) groups is 1. The molecule has 0 radical (unpaired) electrons. The quantitative estimate of drug-likeness (QED) is 0.363. The second kappa shape index (κ2) is 9.73. The summed E-state index contributed by atoms with van der Waals surface area (Å²) in [6.07, 6.45) is 0. The molecule has 0 spiro atoms. The van der Waals surface area contributed by atoms with Crippen molar-refractivity contribution in [2.75, 3.05) is 37.7 Å². The molecule has 0 saturated carbocycles. The molecule has 1 aliphatic rings. The van der Waals surface area contributed by atoms with Crippen LogP contribution in [0.5, 0.6) is 0 Å². The van der Waals surface area contributed by atoms with Crippen molar-refractivity contribution in [3.63, 3.8) is 0 Å². The highest BCUT2D eigenvalue weighted by Crippen LogP contribution is 2.30. The number of hydrogen-bond acceptors (Lipinski definition) is 8. The lowest BCUT2D eigenvalue weighted by Gasteiger charge is -2.35. The maximum Gasteiger partial charge on any atom is 0.338 e. The lowest BCUT2D eigenvalue weighted by molar-refractivity contribution is 0.0526. The van der Waals surface area contributed by atoms with Crippen LogP contribution in [-0.2, 0) is 14.8 Å². The molecule has 180 valence electrons. The standard InChI is InChI=1S/C25H24N4O4S2/c1-2-33-25(30)18-9-11-19(12-10-18)35(31,32)29-15-13-28(14-16-29)24-20-6-3-4-7-21(20)26-23(27-24)22-8-5-17-34-22/h3-12,17H,2,13-16H2,1H3. The van der Waals surface area contributed by atoms with E-state index in [-0.39, 0.29) is 11.5 Å². The SMILES string of the molecule is CCOC(=O)c1ccc(S(=O)(=O)N2CCN(c3nc(-c4cccs4)nc4ccccc34)CC2)cc1. The first kappa shape index (κ1) is 23.4. The van der Waals surface area contributed by atoms with Crippen LogP contribution in [0.1, 0.15) is 17.3 Å². The first-order valence-electron chi connectivity index (χ1n) is 11.3. The predicted octanol–water partition coefficient (Wildman–Crippen LogP) is 4.05. The lowest BCUT2D eigenvalue weighted by Crippen LogP contribution is -2.49. The van der Waals surface area contributed by atoms with Gasteiger partial charge in [0.1, 0.15) is 5.82 Å². The average Bonchev–Trinajstić information content (AvgIpc) is 3.44. The van der Waals surface area contributed by atoms with Crippen LogP contribution < -0.4 is 4.90 Å². The zero-order chi connectivity index (χ0) is 24.4. The van der Waals surface area contributed by atoms with Crippen LogP contribution in [0.2, 0.25) is 0 Å². The van der Waals surface area contributed by atoms with Gasteiger partial charge in [-0.05, 0) is 54.8 Å². The van der Waals surface area contributed by atoms with Crippen molar-refractivity contribution in [3.8, 4) is 10.7 Å². The number of aromatic nitrogens is 2. The van der Waals surface area contributed by atoms with Gasteiger partial charge >= 0.3 is 5.97 Å². The van der Waals surface area contributed by atoms with Crippen molar-refractivity contribution in [1.82, 2.24) is 14.3 Å². The molecular formula is C25H24N4O4S2. The minimum atomic E-state index is -3.69. The molecule has 35 heavy (non-hydrogen) atoms. The van der Waals surface area contributed by atoms with Gasteiger partial charge in [-0.25, -0.2) is 23.2 Å². The summed E-state index contributed by atoms with van der Waals surface area (Å²) in [5.41, 5.74) is 1.19. The Bertz CT molecular complexity index is 1450. The van der Waals surface area contributed by atoms with Gasteiger partial charge in [0, 0.05) is 31.6 Å². The van der Waals surface area contributed by atoms with Crippen LogP contribution in [-0.4, -0.2) is 61.4 Å². The van der Waals surface area contributed by atoms with E-state index in [9.17, 15) is 13.2 Å². The molecule has 4 aromatic rings. The molecule has 0 atom stereocenters. The summed E-state index contributed by atoms with van der Waals surface area (Å²) in [6, 6.07) is 17.7. The highest BCUT2D eigenvalue weighted by molar-refractivity contribution is 7.89. The van der Waals surface area contributed by atoms with E-state index in [1.54, 1.807) is 18.3 Å². The molecule has 0 amide bonds.